The van der Waals surface area contributed by atoms with E-state index in [1.54, 1.807) is 38.1 Å². The minimum absolute atomic E-state index is 0.119. The molecule has 0 spiro atoms. The fourth-order valence-electron chi connectivity index (χ4n) is 2.25. The van der Waals surface area contributed by atoms with Gasteiger partial charge in [-0.15, -0.1) is 0 Å². The van der Waals surface area contributed by atoms with Crippen molar-refractivity contribution in [2.75, 3.05) is 25.1 Å². The van der Waals surface area contributed by atoms with E-state index in [-0.39, 0.29) is 19.1 Å². The molecule has 2 N–H and O–H groups in total. The van der Waals surface area contributed by atoms with Crippen LogP contribution in [-0.2, 0) is 19.1 Å². The van der Waals surface area contributed by atoms with E-state index in [1.165, 1.54) is 0 Å². The predicted molar refractivity (Wildman–Crippen MR) is 91.2 cm³/mol. The Morgan fingerprint density at radius 3 is 2.50 bits per heavy atom. The molecule has 1 heterocycles. The molecular formula is C17H21N3O6. The standard InChI is InChI=1S/C17H21N3O6/c1-11(2)14(19-16(23)18-12-6-4-3-5-7-12)15(22)26-10-13(21)20-8-9-25-17(20)24/h3-7,11,14H,8-10H2,1-2H3,(H2,18,19,23)/t14-/m0/s1. The van der Waals surface area contributed by atoms with Gasteiger partial charge in [-0.25, -0.2) is 19.3 Å². The number of carbonyl (C=O) groups is 4. The van der Waals surface area contributed by atoms with Gasteiger partial charge >= 0.3 is 18.1 Å². The SMILES string of the molecule is CC(C)[C@H](NC(=O)Nc1ccccc1)C(=O)OCC(=O)N1CCOC1=O. The summed E-state index contributed by atoms with van der Waals surface area (Å²) in [5.74, 6) is -1.70. The highest BCUT2D eigenvalue weighted by molar-refractivity contribution is 5.95. The van der Waals surface area contributed by atoms with Crippen LogP contribution in [0, 0.1) is 5.92 Å². The van der Waals surface area contributed by atoms with Crippen LogP contribution in [0.2, 0.25) is 0 Å². The van der Waals surface area contributed by atoms with Gasteiger partial charge in [0.25, 0.3) is 5.91 Å². The van der Waals surface area contributed by atoms with Crippen LogP contribution in [-0.4, -0.2) is 54.7 Å². The normalized spacial score (nSPS) is 14.6. The first-order valence-corrected chi connectivity index (χ1v) is 8.15. The number of urea groups is 1. The first-order chi connectivity index (χ1) is 12.4. The average Bonchev–Trinajstić information content (AvgIpc) is 3.04. The summed E-state index contributed by atoms with van der Waals surface area (Å²) >= 11 is 0. The maximum absolute atomic E-state index is 12.2. The van der Waals surface area contributed by atoms with E-state index in [0.717, 1.165) is 4.90 Å². The lowest BCUT2D eigenvalue weighted by molar-refractivity contribution is -0.153. The lowest BCUT2D eigenvalue weighted by Gasteiger charge is -2.21. The third kappa shape index (κ3) is 5.20. The zero-order valence-corrected chi connectivity index (χ0v) is 14.6. The topological polar surface area (TPSA) is 114 Å². The van der Waals surface area contributed by atoms with Crippen molar-refractivity contribution in [2.24, 2.45) is 5.92 Å². The number of imide groups is 1. The quantitative estimate of drug-likeness (QED) is 0.738. The molecule has 1 aromatic carbocycles. The van der Waals surface area contributed by atoms with Crippen molar-refractivity contribution in [3.8, 4) is 0 Å². The molecule has 0 aliphatic carbocycles. The van der Waals surface area contributed by atoms with Crippen molar-refractivity contribution < 1.29 is 28.7 Å². The third-order valence-electron chi connectivity index (χ3n) is 3.64. The molecule has 1 atom stereocenters. The summed E-state index contributed by atoms with van der Waals surface area (Å²) < 4.78 is 9.61. The fraction of sp³-hybridized carbons (Fsp3) is 0.412. The van der Waals surface area contributed by atoms with E-state index in [0.29, 0.717) is 5.69 Å². The van der Waals surface area contributed by atoms with Crippen LogP contribution in [0.5, 0.6) is 0 Å². The van der Waals surface area contributed by atoms with Crippen LogP contribution >= 0.6 is 0 Å². The Labute approximate surface area is 150 Å². The Morgan fingerprint density at radius 1 is 1.23 bits per heavy atom. The predicted octanol–water partition coefficient (Wildman–Crippen LogP) is 1.35. The molecule has 0 unspecified atom stereocenters. The maximum atomic E-state index is 12.2. The lowest BCUT2D eigenvalue weighted by Crippen LogP contribution is -2.47. The largest absolute Gasteiger partial charge is 0.454 e. The molecule has 26 heavy (non-hydrogen) atoms. The summed E-state index contributed by atoms with van der Waals surface area (Å²) in [7, 11) is 0. The summed E-state index contributed by atoms with van der Waals surface area (Å²) in [5, 5.41) is 5.13. The molecule has 0 saturated carbocycles. The number of benzene rings is 1. The van der Waals surface area contributed by atoms with Gasteiger partial charge in [-0.1, -0.05) is 32.0 Å². The van der Waals surface area contributed by atoms with E-state index in [1.807, 2.05) is 6.07 Å². The van der Waals surface area contributed by atoms with Crippen molar-refractivity contribution in [3.63, 3.8) is 0 Å². The Balaban J connectivity index is 1.87. The van der Waals surface area contributed by atoms with Gasteiger partial charge in [0.2, 0.25) is 0 Å². The molecule has 1 fully saturated rings. The number of amides is 4. The molecule has 9 heteroatoms. The number of esters is 1. The molecule has 9 nitrogen and oxygen atoms in total. The number of anilines is 1. The third-order valence-corrected chi connectivity index (χ3v) is 3.64. The van der Waals surface area contributed by atoms with Gasteiger partial charge in [-0.05, 0) is 18.1 Å². The summed E-state index contributed by atoms with van der Waals surface area (Å²) in [4.78, 5) is 48.3. The van der Waals surface area contributed by atoms with Gasteiger partial charge in [0.15, 0.2) is 6.61 Å². The maximum Gasteiger partial charge on any atom is 0.416 e. The second-order valence-electron chi connectivity index (χ2n) is 5.95. The number of rotatable bonds is 6. The summed E-state index contributed by atoms with van der Waals surface area (Å²) in [6.45, 7) is 3.11. The van der Waals surface area contributed by atoms with Crippen molar-refractivity contribution >= 4 is 29.7 Å². The Kier molecular flexibility index (Phi) is 6.54. The van der Waals surface area contributed by atoms with Gasteiger partial charge in [0, 0.05) is 5.69 Å². The first-order valence-electron chi connectivity index (χ1n) is 8.15. The highest BCUT2D eigenvalue weighted by Crippen LogP contribution is 2.09. The summed E-state index contributed by atoms with van der Waals surface area (Å²) in [5.41, 5.74) is 0.573. The number of nitrogens with one attached hydrogen (secondary N) is 2. The zero-order valence-electron chi connectivity index (χ0n) is 14.6. The molecular weight excluding hydrogens is 342 g/mol. The number of ether oxygens (including phenoxy) is 2. The highest BCUT2D eigenvalue weighted by Gasteiger charge is 2.31. The average molecular weight is 363 g/mol. The van der Waals surface area contributed by atoms with Crippen molar-refractivity contribution in [3.05, 3.63) is 30.3 Å². The van der Waals surface area contributed by atoms with E-state index < -0.39 is 36.6 Å². The van der Waals surface area contributed by atoms with Gasteiger partial charge in [0.1, 0.15) is 12.6 Å². The van der Waals surface area contributed by atoms with Crippen LogP contribution in [0.15, 0.2) is 30.3 Å². The molecule has 1 saturated heterocycles. The molecule has 0 bridgehead atoms. The van der Waals surface area contributed by atoms with Crippen molar-refractivity contribution in [2.45, 2.75) is 19.9 Å². The molecule has 1 aliphatic rings. The number of carbonyl (C=O) groups excluding carboxylic acids is 4. The number of hydrogen-bond donors (Lipinski definition) is 2. The van der Waals surface area contributed by atoms with Crippen molar-refractivity contribution in [1.82, 2.24) is 10.2 Å². The van der Waals surface area contributed by atoms with Gasteiger partial charge < -0.3 is 20.1 Å². The van der Waals surface area contributed by atoms with E-state index in [9.17, 15) is 19.2 Å². The van der Waals surface area contributed by atoms with Crippen LogP contribution in [0.3, 0.4) is 0 Å². The Bertz CT molecular complexity index is 676. The van der Waals surface area contributed by atoms with Crippen LogP contribution in [0.25, 0.3) is 0 Å². The molecule has 1 aromatic rings. The molecule has 4 amide bonds. The van der Waals surface area contributed by atoms with E-state index in [4.69, 9.17) is 4.74 Å². The number of nitrogens with zero attached hydrogens (tertiary/aromatic N) is 1. The molecule has 0 aromatic heterocycles. The fourth-order valence-corrected chi connectivity index (χ4v) is 2.25. The highest BCUT2D eigenvalue weighted by atomic mass is 16.6. The summed E-state index contributed by atoms with van der Waals surface area (Å²) in [6.07, 6.45) is -0.758. The number of para-hydroxylation sites is 1. The van der Waals surface area contributed by atoms with Crippen LogP contribution in [0.4, 0.5) is 15.3 Å². The second-order valence-corrected chi connectivity index (χ2v) is 5.95. The van der Waals surface area contributed by atoms with E-state index in [2.05, 4.69) is 15.4 Å². The minimum Gasteiger partial charge on any atom is -0.454 e. The van der Waals surface area contributed by atoms with E-state index >= 15 is 0 Å². The smallest absolute Gasteiger partial charge is 0.416 e. The number of cyclic esters (lactones) is 1. The van der Waals surface area contributed by atoms with Crippen LogP contribution < -0.4 is 10.6 Å². The molecule has 0 radical (unpaired) electrons. The molecule has 2 rings (SSSR count). The minimum atomic E-state index is -0.947. The summed E-state index contributed by atoms with van der Waals surface area (Å²) in [6, 6.07) is 7.23. The number of hydrogen-bond acceptors (Lipinski definition) is 6. The second kappa shape index (κ2) is 8.84. The lowest BCUT2D eigenvalue weighted by atomic mass is 10.1. The van der Waals surface area contributed by atoms with Gasteiger partial charge in [-0.2, -0.15) is 0 Å². The Morgan fingerprint density at radius 2 is 1.92 bits per heavy atom. The monoisotopic (exact) mass is 363 g/mol. The van der Waals surface area contributed by atoms with Gasteiger partial charge in [0.05, 0.1) is 6.54 Å². The molecule has 140 valence electrons. The molecule has 1 aliphatic heterocycles. The van der Waals surface area contributed by atoms with Gasteiger partial charge in [-0.3, -0.25) is 4.79 Å². The Hall–Kier alpha value is -3.10. The first kappa shape index (κ1) is 19.2. The van der Waals surface area contributed by atoms with Crippen LogP contribution in [0.1, 0.15) is 13.8 Å². The van der Waals surface area contributed by atoms with Crippen molar-refractivity contribution in [1.29, 1.82) is 0 Å². The zero-order chi connectivity index (χ0) is 19.1.